The minimum Gasteiger partial charge on any atom is -0.314 e. The Morgan fingerprint density at radius 2 is 2.06 bits per heavy atom. The van der Waals surface area contributed by atoms with Crippen molar-refractivity contribution in [3.8, 4) is 0 Å². The molecule has 1 heterocycles. The molecule has 108 valence electrons. The lowest BCUT2D eigenvalue weighted by atomic mass is 9.84. The van der Waals surface area contributed by atoms with Crippen molar-refractivity contribution in [2.45, 2.75) is 52.6 Å². The molecular weight excluding hydrogens is 222 g/mol. The number of rotatable bonds is 6. The van der Waals surface area contributed by atoms with E-state index >= 15 is 0 Å². The van der Waals surface area contributed by atoms with Gasteiger partial charge in [0.05, 0.1) is 0 Å². The van der Waals surface area contributed by atoms with Crippen LogP contribution in [0.5, 0.6) is 0 Å². The summed E-state index contributed by atoms with van der Waals surface area (Å²) in [5, 5.41) is 3.57. The zero-order chi connectivity index (χ0) is 13.8. The molecule has 1 fully saturated rings. The monoisotopic (exact) mass is 255 g/mol. The van der Waals surface area contributed by atoms with Crippen LogP contribution in [0.2, 0.25) is 0 Å². The molecule has 2 unspecified atom stereocenters. The lowest BCUT2D eigenvalue weighted by molar-refractivity contribution is 0.0831. The Labute approximate surface area is 114 Å². The highest BCUT2D eigenvalue weighted by Gasteiger charge is 2.30. The van der Waals surface area contributed by atoms with Crippen molar-refractivity contribution in [2.24, 2.45) is 5.41 Å². The normalized spacial score (nSPS) is 24.5. The van der Waals surface area contributed by atoms with E-state index in [2.05, 4.69) is 56.9 Å². The largest absolute Gasteiger partial charge is 0.314 e. The molecular formula is C15H33N3. The second-order valence-corrected chi connectivity index (χ2v) is 6.76. The fourth-order valence-electron chi connectivity index (χ4n) is 2.89. The Hall–Kier alpha value is -0.120. The van der Waals surface area contributed by atoms with Crippen LogP contribution in [0.1, 0.15) is 40.5 Å². The minimum atomic E-state index is 0.338. The van der Waals surface area contributed by atoms with Crippen molar-refractivity contribution >= 4 is 0 Å². The molecule has 0 amide bonds. The number of nitrogens with one attached hydrogen (secondary N) is 1. The summed E-state index contributed by atoms with van der Waals surface area (Å²) in [5.74, 6) is 0. The Bertz CT molecular complexity index is 238. The van der Waals surface area contributed by atoms with E-state index in [0.717, 1.165) is 12.6 Å². The topological polar surface area (TPSA) is 18.5 Å². The van der Waals surface area contributed by atoms with Crippen LogP contribution in [0.4, 0.5) is 0 Å². The Balaban J connectivity index is 2.50. The molecule has 0 aliphatic carbocycles. The summed E-state index contributed by atoms with van der Waals surface area (Å²) in [6.07, 6.45) is 2.70. The highest BCUT2D eigenvalue weighted by atomic mass is 15.2. The highest BCUT2D eigenvalue weighted by molar-refractivity contribution is 4.87. The van der Waals surface area contributed by atoms with Gasteiger partial charge in [-0.3, -0.25) is 0 Å². The first-order valence-corrected chi connectivity index (χ1v) is 7.49. The molecule has 0 aromatic heterocycles. The number of nitrogens with zero attached hydrogens (tertiary/aromatic N) is 2. The van der Waals surface area contributed by atoms with Crippen LogP contribution in [0.25, 0.3) is 0 Å². The lowest BCUT2D eigenvalue weighted by Crippen LogP contribution is -2.51. The second-order valence-electron chi connectivity index (χ2n) is 6.76. The van der Waals surface area contributed by atoms with Crippen LogP contribution < -0.4 is 5.32 Å². The van der Waals surface area contributed by atoms with Gasteiger partial charge in [0.25, 0.3) is 0 Å². The van der Waals surface area contributed by atoms with Gasteiger partial charge in [0.15, 0.2) is 0 Å². The van der Waals surface area contributed by atoms with Gasteiger partial charge in [-0.25, -0.2) is 0 Å². The van der Waals surface area contributed by atoms with Crippen LogP contribution >= 0.6 is 0 Å². The first-order valence-electron chi connectivity index (χ1n) is 7.49. The van der Waals surface area contributed by atoms with Gasteiger partial charge in [0.1, 0.15) is 0 Å². The summed E-state index contributed by atoms with van der Waals surface area (Å²) in [4.78, 5) is 5.04. The fraction of sp³-hybridized carbons (Fsp3) is 1.00. The third kappa shape index (κ3) is 4.52. The standard InChI is InChI=1S/C15H33N3/c1-7-16-13(2)15(3,4)12-18-10-8-9-14(11-18)17(5)6/h13-14,16H,7-12H2,1-6H3. The molecule has 0 radical (unpaired) electrons. The lowest BCUT2D eigenvalue weighted by Gasteiger charge is -2.42. The summed E-state index contributed by atoms with van der Waals surface area (Å²) >= 11 is 0. The molecule has 0 spiro atoms. The quantitative estimate of drug-likeness (QED) is 0.783. The summed E-state index contributed by atoms with van der Waals surface area (Å²) in [6, 6.07) is 1.31. The van der Waals surface area contributed by atoms with Crippen molar-refractivity contribution in [2.75, 3.05) is 40.3 Å². The molecule has 3 nitrogen and oxygen atoms in total. The second kappa shape index (κ2) is 6.88. The van der Waals surface area contributed by atoms with E-state index in [-0.39, 0.29) is 0 Å². The SMILES string of the molecule is CCNC(C)C(C)(C)CN1CCCC(N(C)C)C1. The van der Waals surface area contributed by atoms with Gasteiger partial charge in [-0.1, -0.05) is 20.8 Å². The number of piperidine rings is 1. The van der Waals surface area contributed by atoms with Crippen LogP contribution in [0.15, 0.2) is 0 Å². The van der Waals surface area contributed by atoms with E-state index in [1.54, 1.807) is 0 Å². The Kier molecular flexibility index (Phi) is 6.09. The number of likely N-dealkylation sites (N-methyl/N-ethyl adjacent to an activating group) is 1. The van der Waals surface area contributed by atoms with Crippen LogP contribution in [-0.2, 0) is 0 Å². The fourth-order valence-corrected chi connectivity index (χ4v) is 2.89. The molecule has 1 N–H and O–H groups in total. The van der Waals surface area contributed by atoms with E-state index in [4.69, 9.17) is 0 Å². The van der Waals surface area contributed by atoms with Crippen molar-refractivity contribution in [1.29, 1.82) is 0 Å². The molecule has 0 aromatic rings. The molecule has 1 saturated heterocycles. The Morgan fingerprint density at radius 1 is 1.39 bits per heavy atom. The molecule has 0 aromatic carbocycles. The maximum Gasteiger partial charge on any atom is 0.0217 e. The third-order valence-electron chi connectivity index (χ3n) is 4.52. The first kappa shape index (κ1) is 15.9. The van der Waals surface area contributed by atoms with Crippen molar-refractivity contribution < 1.29 is 0 Å². The third-order valence-corrected chi connectivity index (χ3v) is 4.52. The molecule has 18 heavy (non-hydrogen) atoms. The number of likely N-dealkylation sites (tertiary alicyclic amines) is 1. The number of hydrogen-bond acceptors (Lipinski definition) is 3. The van der Waals surface area contributed by atoms with Gasteiger partial charge in [-0.2, -0.15) is 0 Å². The number of hydrogen-bond donors (Lipinski definition) is 1. The highest BCUT2D eigenvalue weighted by Crippen LogP contribution is 2.24. The van der Waals surface area contributed by atoms with Crippen molar-refractivity contribution in [1.82, 2.24) is 15.1 Å². The van der Waals surface area contributed by atoms with Gasteiger partial charge < -0.3 is 15.1 Å². The molecule has 0 bridgehead atoms. The zero-order valence-corrected chi connectivity index (χ0v) is 13.3. The molecule has 2 atom stereocenters. The summed E-state index contributed by atoms with van der Waals surface area (Å²) in [7, 11) is 4.42. The van der Waals surface area contributed by atoms with Gasteiger partial charge in [-0.05, 0) is 52.4 Å². The summed E-state index contributed by atoms with van der Waals surface area (Å²) in [5.41, 5.74) is 0.338. The summed E-state index contributed by atoms with van der Waals surface area (Å²) in [6.45, 7) is 14.0. The maximum absolute atomic E-state index is 3.57. The van der Waals surface area contributed by atoms with E-state index in [0.29, 0.717) is 11.5 Å². The van der Waals surface area contributed by atoms with E-state index in [1.165, 1.54) is 32.5 Å². The van der Waals surface area contributed by atoms with Crippen molar-refractivity contribution in [3.63, 3.8) is 0 Å². The van der Waals surface area contributed by atoms with E-state index in [1.807, 2.05) is 0 Å². The smallest absolute Gasteiger partial charge is 0.0217 e. The average molecular weight is 255 g/mol. The van der Waals surface area contributed by atoms with Gasteiger partial charge in [0.2, 0.25) is 0 Å². The van der Waals surface area contributed by atoms with Crippen LogP contribution in [0.3, 0.4) is 0 Å². The van der Waals surface area contributed by atoms with Crippen LogP contribution in [0, 0.1) is 5.41 Å². The van der Waals surface area contributed by atoms with Crippen molar-refractivity contribution in [3.05, 3.63) is 0 Å². The average Bonchev–Trinajstić information content (AvgIpc) is 2.29. The predicted octanol–water partition coefficient (Wildman–Crippen LogP) is 2.04. The van der Waals surface area contributed by atoms with Gasteiger partial charge in [0, 0.05) is 25.2 Å². The Morgan fingerprint density at radius 3 is 2.61 bits per heavy atom. The van der Waals surface area contributed by atoms with Crippen LogP contribution in [-0.4, -0.2) is 62.2 Å². The van der Waals surface area contributed by atoms with E-state index < -0.39 is 0 Å². The first-order chi connectivity index (χ1) is 8.36. The molecule has 1 aliphatic rings. The van der Waals surface area contributed by atoms with Gasteiger partial charge >= 0.3 is 0 Å². The van der Waals surface area contributed by atoms with E-state index in [9.17, 15) is 0 Å². The molecule has 3 heteroatoms. The predicted molar refractivity (Wildman–Crippen MR) is 80.1 cm³/mol. The maximum atomic E-state index is 3.57. The molecule has 0 saturated carbocycles. The molecule has 1 aliphatic heterocycles. The van der Waals surface area contributed by atoms with Gasteiger partial charge in [-0.15, -0.1) is 0 Å². The summed E-state index contributed by atoms with van der Waals surface area (Å²) < 4.78 is 0. The molecule has 1 rings (SSSR count). The minimum absolute atomic E-state index is 0.338. The zero-order valence-electron chi connectivity index (χ0n) is 13.3.